The van der Waals surface area contributed by atoms with Crippen molar-refractivity contribution >= 4 is 11.8 Å². The number of carbonyl (C=O) groups excluding carboxylic acids is 1. The summed E-state index contributed by atoms with van der Waals surface area (Å²) in [5, 5.41) is 8.84. The van der Waals surface area contributed by atoms with E-state index in [0.29, 0.717) is 25.7 Å². The molecule has 0 aromatic carbocycles. The van der Waals surface area contributed by atoms with Gasteiger partial charge in [0.1, 0.15) is 5.78 Å². The van der Waals surface area contributed by atoms with Crippen LogP contribution < -0.4 is 0 Å². The first-order valence-corrected chi connectivity index (χ1v) is 5.94. The largest absolute Gasteiger partial charge is 0.481 e. The number of unbranched alkanes of at least 4 members (excludes halogenated alkanes) is 1. The molecule has 0 rings (SSSR count). The molecule has 0 aromatic rings. The van der Waals surface area contributed by atoms with Crippen molar-refractivity contribution in [3.05, 3.63) is 0 Å². The lowest BCUT2D eigenvalue weighted by atomic mass is 9.75. The summed E-state index contributed by atoms with van der Waals surface area (Å²) in [4.78, 5) is 22.5. The van der Waals surface area contributed by atoms with Crippen molar-refractivity contribution in [3.63, 3.8) is 0 Å². The van der Waals surface area contributed by atoms with Gasteiger partial charge >= 0.3 is 5.97 Å². The van der Waals surface area contributed by atoms with Crippen LogP contribution in [-0.4, -0.2) is 16.9 Å². The number of ketones is 1. The number of aliphatic carboxylic acids is 1. The fraction of sp³-hybridized carbons (Fsp3) is 0.714. The zero-order valence-electron chi connectivity index (χ0n) is 11.0. The first-order valence-electron chi connectivity index (χ1n) is 5.94. The van der Waals surface area contributed by atoms with Crippen LogP contribution >= 0.6 is 0 Å². The number of Topliss-reactive ketones (excluding diaryl/α,β-unsaturated/α-hetero) is 1. The van der Waals surface area contributed by atoms with Gasteiger partial charge in [-0.2, -0.15) is 0 Å². The highest BCUT2D eigenvalue weighted by atomic mass is 16.4. The maximum absolute atomic E-state index is 11.7. The summed E-state index contributed by atoms with van der Waals surface area (Å²) >= 11 is 0. The molecule has 0 aliphatic carbocycles. The van der Waals surface area contributed by atoms with Crippen LogP contribution in [0.5, 0.6) is 0 Å². The Balaban J connectivity index is 4.30. The van der Waals surface area contributed by atoms with Gasteiger partial charge in [-0.3, -0.25) is 9.59 Å². The normalized spacial score (nSPS) is 12.8. The van der Waals surface area contributed by atoms with E-state index in [9.17, 15) is 9.59 Å². The number of carbonyl (C=O) groups is 2. The third-order valence-corrected chi connectivity index (χ3v) is 2.90. The number of carboxylic acids is 1. The maximum Gasteiger partial charge on any atom is 0.303 e. The molecule has 0 amide bonds. The molecule has 0 bridgehead atoms. The Kier molecular flexibility index (Phi) is 6.57. The molecule has 0 aromatic heterocycles. The van der Waals surface area contributed by atoms with Crippen molar-refractivity contribution in [2.45, 2.75) is 52.9 Å². The highest BCUT2D eigenvalue weighted by Gasteiger charge is 2.28. The molecule has 0 saturated carbocycles. The van der Waals surface area contributed by atoms with E-state index in [4.69, 9.17) is 11.5 Å². The molecule has 0 radical (unpaired) electrons. The fourth-order valence-corrected chi connectivity index (χ4v) is 1.66. The van der Waals surface area contributed by atoms with Gasteiger partial charge in [0.2, 0.25) is 0 Å². The average molecular weight is 238 g/mol. The minimum absolute atomic E-state index is 0.0460. The molecule has 1 unspecified atom stereocenters. The van der Waals surface area contributed by atoms with Gasteiger partial charge < -0.3 is 5.11 Å². The summed E-state index contributed by atoms with van der Waals surface area (Å²) in [6.45, 7) is 5.90. The lowest BCUT2D eigenvalue weighted by Gasteiger charge is -2.29. The molecule has 0 aliphatic heterocycles. The van der Waals surface area contributed by atoms with Gasteiger partial charge in [-0.15, -0.1) is 12.3 Å². The van der Waals surface area contributed by atoms with Crippen LogP contribution in [0.1, 0.15) is 52.9 Å². The predicted molar refractivity (Wildman–Crippen MR) is 67.5 cm³/mol. The number of terminal acetylenes is 1. The first-order chi connectivity index (χ1) is 7.77. The Hall–Kier alpha value is -1.30. The third kappa shape index (κ3) is 7.57. The Bertz CT molecular complexity index is 304. The zero-order valence-corrected chi connectivity index (χ0v) is 11.0. The van der Waals surface area contributed by atoms with Gasteiger partial charge in [-0.05, 0) is 17.8 Å². The molecule has 0 heterocycles. The van der Waals surface area contributed by atoms with Crippen molar-refractivity contribution in [2.75, 3.05) is 0 Å². The SMILES string of the molecule is C#CCCCC(=O)CC(CC(=O)O)C(C)(C)C. The molecule has 0 aliphatic rings. The average Bonchev–Trinajstić information content (AvgIpc) is 2.15. The fourth-order valence-electron chi connectivity index (χ4n) is 1.66. The van der Waals surface area contributed by atoms with E-state index in [2.05, 4.69) is 5.92 Å². The Morgan fingerprint density at radius 1 is 1.29 bits per heavy atom. The summed E-state index contributed by atoms with van der Waals surface area (Å²) in [5.74, 6) is 1.65. The maximum atomic E-state index is 11.7. The van der Waals surface area contributed by atoms with Gasteiger partial charge in [-0.25, -0.2) is 0 Å². The lowest BCUT2D eigenvalue weighted by molar-refractivity contribution is -0.139. The van der Waals surface area contributed by atoms with E-state index in [-0.39, 0.29) is 23.5 Å². The van der Waals surface area contributed by atoms with Crippen LogP contribution in [0.25, 0.3) is 0 Å². The Morgan fingerprint density at radius 2 is 1.88 bits per heavy atom. The van der Waals surface area contributed by atoms with Gasteiger partial charge in [0, 0.05) is 25.7 Å². The first kappa shape index (κ1) is 15.7. The van der Waals surface area contributed by atoms with Crippen LogP contribution in [-0.2, 0) is 9.59 Å². The second kappa shape index (κ2) is 7.11. The molecule has 1 N–H and O–H groups in total. The van der Waals surface area contributed by atoms with Crippen LogP contribution in [0.2, 0.25) is 0 Å². The quantitative estimate of drug-likeness (QED) is 0.548. The number of rotatable bonds is 7. The second-order valence-corrected chi connectivity index (χ2v) is 5.46. The minimum atomic E-state index is -0.846. The summed E-state index contributed by atoms with van der Waals surface area (Å²) in [6.07, 6.45) is 7.24. The van der Waals surface area contributed by atoms with E-state index in [1.54, 1.807) is 0 Å². The van der Waals surface area contributed by atoms with Crippen molar-refractivity contribution in [3.8, 4) is 12.3 Å². The Labute approximate surface area is 104 Å². The second-order valence-electron chi connectivity index (χ2n) is 5.46. The standard InChI is InChI=1S/C14H22O3/c1-5-6-7-8-12(15)9-11(10-13(16)17)14(2,3)4/h1,11H,6-10H2,2-4H3,(H,16,17). The lowest BCUT2D eigenvalue weighted by Crippen LogP contribution is -2.26. The minimum Gasteiger partial charge on any atom is -0.481 e. The topological polar surface area (TPSA) is 54.4 Å². The summed E-state index contributed by atoms with van der Waals surface area (Å²) in [7, 11) is 0. The van der Waals surface area contributed by atoms with Gasteiger partial charge in [-0.1, -0.05) is 20.8 Å². The van der Waals surface area contributed by atoms with E-state index in [1.165, 1.54) is 0 Å². The Morgan fingerprint density at radius 3 is 2.29 bits per heavy atom. The molecule has 0 fully saturated rings. The van der Waals surface area contributed by atoms with Gasteiger partial charge in [0.15, 0.2) is 0 Å². The summed E-state index contributed by atoms with van der Waals surface area (Å²) in [6, 6.07) is 0. The van der Waals surface area contributed by atoms with Crippen LogP contribution in [0.3, 0.4) is 0 Å². The molecular weight excluding hydrogens is 216 g/mol. The van der Waals surface area contributed by atoms with E-state index in [0.717, 1.165) is 0 Å². The van der Waals surface area contributed by atoms with Crippen LogP contribution in [0.4, 0.5) is 0 Å². The van der Waals surface area contributed by atoms with Crippen LogP contribution in [0.15, 0.2) is 0 Å². The highest BCUT2D eigenvalue weighted by Crippen LogP contribution is 2.32. The third-order valence-electron chi connectivity index (χ3n) is 2.90. The summed E-state index contributed by atoms with van der Waals surface area (Å²) in [5.41, 5.74) is -0.167. The van der Waals surface area contributed by atoms with E-state index < -0.39 is 5.97 Å². The smallest absolute Gasteiger partial charge is 0.303 e. The molecule has 96 valence electrons. The molecule has 0 spiro atoms. The highest BCUT2D eigenvalue weighted by molar-refractivity contribution is 5.79. The van der Waals surface area contributed by atoms with E-state index >= 15 is 0 Å². The summed E-state index contributed by atoms with van der Waals surface area (Å²) < 4.78 is 0. The van der Waals surface area contributed by atoms with Crippen LogP contribution in [0, 0.1) is 23.7 Å². The number of hydrogen-bond acceptors (Lipinski definition) is 2. The molecule has 3 heteroatoms. The molecule has 17 heavy (non-hydrogen) atoms. The van der Waals surface area contributed by atoms with Gasteiger partial charge in [0.25, 0.3) is 0 Å². The molecule has 0 saturated heterocycles. The molecular formula is C14H22O3. The van der Waals surface area contributed by atoms with Crippen molar-refractivity contribution < 1.29 is 14.7 Å². The zero-order chi connectivity index (χ0) is 13.5. The van der Waals surface area contributed by atoms with Crippen molar-refractivity contribution in [2.24, 2.45) is 11.3 Å². The van der Waals surface area contributed by atoms with Crippen molar-refractivity contribution in [1.29, 1.82) is 0 Å². The number of hydrogen-bond donors (Lipinski definition) is 1. The van der Waals surface area contributed by atoms with E-state index in [1.807, 2.05) is 20.8 Å². The molecule has 1 atom stereocenters. The molecule has 3 nitrogen and oxygen atoms in total. The number of carboxylic acid groups (broad SMARTS) is 1. The van der Waals surface area contributed by atoms with Gasteiger partial charge in [0.05, 0.1) is 0 Å². The predicted octanol–water partition coefficient (Wildman–Crippen LogP) is 2.89. The monoisotopic (exact) mass is 238 g/mol. The van der Waals surface area contributed by atoms with Crippen molar-refractivity contribution in [1.82, 2.24) is 0 Å².